The van der Waals surface area contributed by atoms with Crippen molar-refractivity contribution in [3.63, 3.8) is 0 Å². The summed E-state index contributed by atoms with van der Waals surface area (Å²) in [4.78, 5) is 12.0. The monoisotopic (exact) mass is 362 g/mol. The highest BCUT2D eigenvalue weighted by Crippen LogP contribution is 2.25. The van der Waals surface area contributed by atoms with E-state index in [-0.39, 0.29) is 19.0 Å². The summed E-state index contributed by atoms with van der Waals surface area (Å²) in [6.45, 7) is 0.0217. The van der Waals surface area contributed by atoms with Crippen LogP contribution in [0.4, 0.5) is 0 Å². The molecule has 0 bridgehead atoms. The van der Waals surface area contributed by atoms with Gasteiger partial charge in [0.05, 0.1) is 6.54 Å². The predicted octanol–water partition coefficient (Wildman–Crippen LogP) is 3.10. The first kappa shape index (κ1) is 17.1. The van der Waals surface area contributed by atoms with Crippen molar-refractivity contribution >= 4 is 10.8 Å². The number of rotatable bonds is 6. The van der Waals surface area contributed by atoms with E-state index in [1.165, 1.54) is 0 Å². The molecule has 1 N–H and O–H groups in total. The van der Waals surface area contributed by atoms with Gasteiger partial charge in [0.25, 0.3) is 0 Å². The smallest absolute Gasteiger partial charge is 0.437 e. The molecule has 1 atom stereocenters. The Morgan fingerprint density at radius 1 is 1.00 bits per heavy atom. The fraction of sp³-hybridized carbons (Fsp3) is 0.143. The van der Waals surface area contributed by atoms with Gasteiger partial charge in [-0.15, -0.1) is 5.10 Å². The van der Waals surface area contributed by atoms with Crippen LogP contribution in [-0.4, -0.2) is 27.6 Å². The van der Waals surface area contributed by atoms with Crippen LogP contribution in [-0.2, 0) is 6.54 Å². The Hall–Kier alpha value is -3.38. The van der Waals surface area contributed by atoms with E-state index in [1.807, 2.05) is 60.7 Å². The molecule has 1 heterocycles. The van der Waals surface area contributed by atoms with E-state index in [9.17, 15) is 9.90 Å². The second kappa shape index (κ2) is 7.47. The van der Waals surface area contributed by atoms with E-state index in [2.05, 4.69) is 5.10 Å². The first-order valence-corrected chi connectivity index (χ1v) is 8.63. The highest BCUT2D eigenvalue weighted by Gasteiger charge is 2.14. The number of ether oxygens (including phenoxy) is 1. The van der Waals surface area contributed by atoms with Crippen molar-refractivity contribution < 1.29 is 14.3 Å². The lowest BCUT2D eigenvalue weighted by atomic mass is 10.1. The topological polar surface area (TPSA) is 77.5 Å². The Labute approximate surface area is 155 Å². The molecule has 3 aromatic carbocycles. The number of hydrogen-bond donors (Lipinski definition) is 1. The molecular weight excluding hydrogens is 344 g/mol. The zero-order valence-electron chi connectivity index (χ0n) is 14.5. The number of fused-ring (bicyclic) bond motifs is 1. The highest BCUT2D eigenvalue weighted by molar-refractivity contribution is 5.88. The van der Waals surface area contributed by atoms with Crippen LogP contribution in [0.15, 0.2) is 82.0 Å². The van der Waals surface area contributed by atoms with Crippen LogP contribution in [0.2, 0.25) is 0 Å². The van der Waals surface area contributed by atoms with Crippen LogP contribution in [0.25, 0.3) is 22.2 Å². The number of hydrogen-bond acceptors (Lipinski definition) is 5. The molecule has 1 unspecified atom stereocenters. The van der Waals surface area contributed by atoms with E-state index in [0.29, 0.717) is 11.3 Å². The van der Waals surface area contributed by atoms with Crippen LogP contribution in [0, 0.1) is 0 Å². The van der Waals surface area contributed by atoms with Gasteiger partial charge in [-0.25, -0.2) is 4.79 Å². The van der Waals surface area contributed by atoms with E-state index >= 15 is 0 Å². The van der Waals surface area contributed by atoms with Crippen LogP contribution in [0.1, 0.15) is 0 Å². The van der Waals surface area contributed by atoms with Crippen LogP contribution in [0.5, 0.6) is 5.75 Å². The van der Waals surface area contributed by atoms with Crippen molar-refractivity contribution in [3.8, 4) is 17.2 Å². The Bertz CT molecular complexity index is 1100. The minimum Gasteiger partial charge on any atom is -0.490 e. The molecule has 6 heteroatoms. The summed E-state index contributed by atoms with van der Waals surface area (Å²) >= 11 is 0. The van der Waals surface area contributed by atoms with Crippen molar-refractivity contribution in [1.82, 2.24) is 9.78 Å². The maximum atomic E-state index is 12.0. The lowest BCUT2D eigenvalue weighted by Crippen LogP contribution is -2.29. The maximum absolute atomic E-state index is 12.0. The van der Waals surface area contributed by atoms with Crippen molar-refractivity contribution in [2.45, 2.75) is 12.6 Å². The van der Waals surface area contributed by atoms with Gasteiger partial charge >= 0.3 is 5.76 Å². The molecule has 0 fully saturated rings. The average Bonchev–Trinajstić information content (AvgIpc) is 3.07. The maximum Gasteiger partial charge on any atom is 0.437 e. The summed E-state index contributed by atoms with van der Waals surface area (Å²) in [6.07, 6.45) is -0.907. The summed E-state index contributed by atoms with van der Waals surface area (Å²) in [5.41, 5.74) is 0.704. The van der Waals surface area contributed by atoms with E-state index < -0.39 is 11.9 Å². The standard InChI is InChI=1S/C21H18N2O4/c24-17(14-26-19-12-6-10-15-7-4-5-11-18(15)19)13-23-21(25)27-20(22-23)16-8-2-1-3-9-16/h1-12,17,24H,13-14H2. The summed E-state index contributed by atoms with van der Waals surface area (Å²) in [7, 11) is 0. The van der Waals surface area contributed by atoms with Crippen LogP contribution < -0.4 is 10.5 Å². The molecular formula is C21H18N2O4. The third-order valence-corrected chi connectivity index (χ3v) is 4.19. The number of aromatic nitrogens is 2. The van der Waals surface area contributed by atoms with Gasteiger partial charge < -0.3 is 14.3 Å². The van der Waals surface area contributed by atoms with E-state index in [1.54, 1.807) is 12.1 Å². The Morgan fingerprint density at radius 3 is 2.59 bits per heavy atom. The highest BCUT2D eigenvalue weighted by atomic mass is 16.5. The first-order chi connectivity index (χ1) is 13.2. The van der Waals surface area contributed by atoms with E-state index in [4.69, 9.17) is 9.15 Å². The fourth-order valence-corrected chi connectivity index (χ4v) is 2.88. The van der Waals surface area contributed by atoms with Crippen molar-refractivity contribution in [2.75, 3.05) is 6.61 Å². The first-order valence-electron chi connectivity index (χ1n) is 8.63. The Kier molecular flexibility index (Phi) is 4.72. The SMILES string of the molecule is O=c1oc(-c2ccccc2)nn1CC(O)COc1cccc2ccccc12. The van der Waals surface area contributed by atoms with Crippen LogP contribution in [0.3, 0.4) is 0 Å². The lowest BCUT2D eigenvalue weighted by Gasteiger charge is -2.13. The molecule has 27 heavy (non-hydrogen) atoms. The summed E-state index contributed by atoms with van der Waals surface area (Å²) in [5, 5.41) is 16.5. The summed E-state index contributed by atoms with van der Waals surface area (Å²) in [5.74, 6) is 0.297. The molecule has 0 amide bonds. The molecule has 0 saturated carbocycles. The number of aliphatic hydroxyl groups is 1. The van der Waals surface area contributed by atoms with E-state index in [0.717, 1.165) is 15.5 Å². The molecule has 6 nitrogen and oxygen atoms in total. The van der Waals surface area contributed by atoms with Gasteiger partial charge in [0.15, 0.2) is 0 Å². The largest absolute Gasteiger partial charge is 0.490 e. The number of nitrogens with zero attached hydrogens (tertiary/aromatic N) is 2. The molecule has 0 spiro atoms. The molecule has 1 aromatic heterocycles. The van der Waals surface area contributed by atoms with Gasteiger partial charge in [0.2, 0.25) is 5.89 Å². The molecule has 0 radical (unpaired) electrons. The minimum atomic E-state index is -0.907. The van der Waals surface area contributed by atoms with Crippen LogP contribution >= 0.6 is 0 Å². The third-order valence-electron chi connectivity index (χ3n) is 4.19. The van der Waals surface area contributed by atoms with Crippen molar-refractivity contribution in [1.29, 1.82) is 0 Å². The van der Waals surface area contributed by atoms with Crippen molar-refractivity contribution in [2.24, 2.45) is 0 Å². The zero-order chi connectivity index (χ0) is 18.6. The van der Waals surface area contributed by atoms with Gasteiger partial charge in [-0.1, -0.05) is 54.6 Å². The average molecular weight is 362 g/mol. The van der Waals surface area contributed by atoms with Gasteiger partial charge in [0, 0.05) is 10.9 Å². The second-order valence-electron chi connectivity index (χ2n) is 6.16. The molecule has 4 rings (SSSR count). The molecule has 136 valence electrons. The van der Waals surface area contributed by atoms with Crippen molar-refractivity contribution in [3.05, 3.63) is 83.3 Å². The summed E-state index contributed by atoms with van der Waals surface area (Å²) in [6, 6.07) is 22.8. The molecule has 0 saturated heterocycles. The second-order valence-corrected chi connectivity index (χ2v) is 6.16. The third kappa shape index (κ3) is 3.75. The molecule has 0 aliphatic heterocycles. The Balaban J connectivity index is 1.45. The Morgan fingerprint density at radius 2 is 1.74 bits per heavy atom. The molecule has 4 aromatic rings. The zero-order valence-corrected chi connectivity index (χ0v) is 14.5. The van der Waals surface area contributed by atoms with Gasteiger partial charge in [-0.3, -0.25) is 0 Å². The normalized spacial score (nSPS) is 12.2. The molecule has 0 aliphatic rings. The summed E-state index contributed by atoms with van der Waals surface area (Å²) < 4.78 is 12.0. The molecule has 0 aliphatic carbocycles. The number of aliphatic hydroxyl groups excluding tert-OH is 1. The fourth-order valence-electron chi connectivity index (χ4n) is 2.88. The van der Waals surface area contributed by atoms with Gasteiger partial charge in [0.1, 0.15) is 18.5 Å². The quantitative estimate of drug-likeness (QED) is 0.570. The predicted molar refractivity (Wildman–Crippen MR) is 102 cm³/mol. The van der Waals surface area contributed by atoms with Gasteiger partial charge in [-0.05, 0) is 23.6 Å². The lowest BCUT2D eigenvalue weighted by molar-refractivity contribution is 0.0882. The number of benzene rings is 3. The van der Waals surface area contributed by atoms with Gasteiger partial charge in [-0.2, -0.15) is 4.68 Å². The minimum absolute atomic E-state index is 0.0140.